The van der Waals surface area contributed by atoms with Gasteiger partial charge in [0.05, 0.1) is 0 Å². The van der Waals surface area contributed by atoms with Crippen LogP contribution >= 0.6 is 0 Å². The first-order chi connectivity index (χ1) is 4.47. The van der Waals surface area contributed by atoms with Crippen LogP contribution in [-0.2, 0) is 12.8 Å². The predicted molar refractivity (Wildman–Crippen MR) is 44.6 cm³/mol. The van der Waals surface area contributed by atoms with Gasteiger partial charge in [0.2, 0.25) is 0 Å². The van der Waals surface area contributed by atoms with E-state index in [9.17, 15) is 0 Å². The van der Waals surface area contributed by atoms with E-state index >= 15 is 0 Å². The molecule has 0 nitrogen and oxygen atoms in total. The SMILES string of the molecule is [CH3-].[Lr].c1ccc2c(c1)C[CH-]C2. The monoisotopic (exact) mass is 394 g/mol. The molecule has 0 amide bonds. The van der Waals surface area contributed by atoms with Gasteiger partial charge in [-0.2, -0.15) is 12.8 Å². The first-order valence-electron chi connectivity index (χ1n) is 3.35. The van der Waals surface area contributed by atoms with Crippen molar-refractivity contribution in [2.75, 3.05) is 0 Å². The van der Waals surface area contributed by atoms with Crippen LogP contribution in [0.4, 0.5) is 0 Å². The average molecular weight is 394 g/mol. The standard InChI is InChI=1S/C9H9.CH3.Lr/c1-2-5-9-7-3-6-8(9)4-1;;/h1-5H,6-7H2;1H3;/q2*-1;. The molecule has 0 saturated carbocycles. The zero-order chi connectivity index (χ0) is 6.10. The summed E-state index contributed by atoms with van der Waals surface area (Å²) in [5.41, 5.74) is 3.02. The largest absolute Gasteiger partial charge is 0.358 e. The van der Waals surface area contributed by atoms with Gasteiger partial charge in [0, 0.05) is 0 Å². The number of hydrogen-bond acceptors (Lipinski definition) is 0. The van der Waals surface area contributed by atoms with Crippen molar-refractivity contribution in [2.24, 2.45) is 0 Å². The van der Waals surface area contributed by atoms with Gasteiger partial charge in [0.15, 0.2) is 0 Å². The van der Waals surface area contributed by atoms with Crippen LogP contribution in [-0.4, -0.2) is 0 Å². The minimum atomic E-state index is 0. The van der Waals surface area contributed by atoms with Crippen LogP contribution in [0.25, 0.3) is 0 Å². The normalized spacial score (nSPS) is 12.7. The third kappa shape index (κ3) is 1.37. The van der Waals surface area contributed by atoms with Gasteiger partial charge in [-0.15, -0.1) is 0 Å². The second-order valence-electron chi connectivity index (χ2n) is 2.47. The van der Waals surface area contributed by atoms with Crippen molar-refractivity contribution in [1.29, 1.82) is 0 Å². The number of benzene rings is 1. The van der Waals surface area contributed by atoms with Crippen LogP contribution in [0.3, 0.4) is 0 Å². The molecule has 0 N–H and O–H groups in total. The first-order valence-corrected chi connectivity index (χ1v) is 3.35. The summed E-state index contributed by atoms with van der Waals surface area (Å²) < 4.78 is 0. The Hall–Kier alpha value is -1.78. The van der Waals surface area contributed by atoms with Crippen molar-refractivity contribution in [3.8, 4) is 0 Å². The topological polar surface area (TPSA) is 0 Å². The van der Waals surface area contributed by atoms with Gasteiger partial charge in [-0.25, -0.2) is 0 Å². The van der Waals surface area contributed by atoms with Gasteiger partial charge in [-0.05, 0) is 0 Å². The molecule has 1 radical (unpaired) electrons. The fourth-order valence-electron chi connectivity index (χ4n) is 1.34. The van der Waals surface area contributed by atoms with Crippen molar-refractivity contribution in [2.45, 2.75) is 12.8 Å². The molecule has 0 unspecified atom stereocenters. The summed E-state index contributed by atoms with van der Waals surface area (Å²) in [5.74, 6) is 0. The van der Waals surface area contributed by atoms with E-state index in [2.05, 4.69) is 30.7 Å². The summed E-state index contributed by atoms with van der Waals surface area (Å²) in [5, 5.41) is 0. The van der Waals surface area contributed by atoms with Crippen LogP contribution in [0.15, 0.2) is 24.3 Å². The van der Waals surface area contributed by atoms with E-state index in [1.54, 1.807) is 0 Å². The van der Waals surface area contributed by atoms with E-state index in [-0.39, 0.29) is 7.43 Å². The molecule has 11 heavy (non-hydrogen) atoms. The Morgan fingerprint density at radius 3 is 1.91 bits per heavy atom. The van der Waals surface area contributed by atoms with Gasteiger partial charge in [0.25, 0.3) is 0 Å². The molecule has 1 heteroatoms. The Bertz CT molecular complexity index is 195. The molecule has 0 fully saturated rings. The van der Waals surface area contributed by atoms with E-state index in [0.717, 1.165) is 0 Å². The van der Waals surface area contributed by atoms with Crippen molar-refractivity contribution in [1.82, 2.24) is 0 Å². The smallest absolute Gasteiger partial charge is 0 e. The van der Waals surface area contributed by atoms with E-state index in [4.69, 9.17) is 0 Å². The molecule has 0 aromatic heterocycles. The van der Waals surface area contributed by atoms with Crippen LogP contribution in [0, 0.1) is 13.8 Å². The van der Waals surface area contributed by atoms with Gasteiger partial charge >= 0.3 is 0 Å². The quantitative estimate of drug-likeness (QED) is 0.594. The second-order valence-corrected chi connectivity index (χ2v) is 2.47. The van der Waals surface area contributed by atoms with Gasteiger partial charge in [-0.1, -0.05) is 35.4 Å². The predicted octanol–water partition coefficient (Wildman–Crippen LogP) is 2.44. The van der Waals surface area contributed by atoms with Crippen molar-refractivity contribution in [3.63, 3.8) is 0 Å². The maximum absolute atomic E-state index is 2.32. The molecule has 0 spiro atoms. The van der Waals surface area contributed by atoms with Gasteiger partial charge in [0.1, 0.15) is 0 Å². The molecule has 69 valence electrons. The number of fused-ring (bicyclic) bond motifs is 1. The molecule has 0 saturated heterocycles. The molecule has 1 aliphatic rings. The van der Waals surface area contributed by atoms with Crippen LogP contribution in [0.1, 0.15) is 11.1 Å². The Morgan fingerprint density at radius 1 is 1.00 bits per heavy atom. The number of rotatable bonds is 0. The minimum absolute atomic E-state index is 0. The zero-order valence-electron chi connectivity index (χ0n) is 6.56. The van der Waals surface area contributed by atoms with Crippen LogP contribution in [0.5, 0.6) is 0 Å². The van der Waals surface area contributed by atoms with Crippen molar-refractivity contribution >= 4 is 0 Å². The first kappa shape index (κ1) is 9.22. The van der Waals surface area contributed by atoms with E-state index < -0.39 is 0 Å². The molecule has 2 rings (SSSR count). The molecule has 0 aliphatic heterocycles. The molecule has 0 bridgehead atoms. The van der Waals surface area contributed by atoms with Gasteiger partial charge in [-0.3, -0.25) is 0 Å². The fraction of sp³-hybridized carbons (Fsp3) is 0.200. The third-order valence-corrected chi connectivity index (χ3v) is 1.85. The van der Waals surface area contributed by atoms with E-state index in [1.165, 1.54) is 24.0 Å². The van der Waals surface area contributed by atoms with Crippen molar-refractivity contribution < 1.29 is 0 Å². The van der Waals surface area contributed by atoms with Crippen molar-refractivity contribution in [3.05, 3.63) is 49.2 Å². The maximum Gasteiger partial charge on any atom is 0 e. The minimum Gasteiger partial charge on any atom is -0.358 e. The summed E-state index contributed by atoms with van der Waals surface area (Å²) in [7, 11) is 0. The molecule has 1 aromatic rings. The second kappa shape index (κ2) is 3.40. The molecular weight excluding hydrogens is 382 g/mol. The van der Waals surface area contributed by atoms with E-state index in [0.29, 0.717) is 0 Å². The molecule has 0 heterocycles. The number of hydrogen-bond donors (Lipinski definition) is 0. The van der Waals surface area contributed by atoms with E-state index in [1.807, 2.05) is 0 Å². The third-order valence-electron chi connectivity index (χ3n) is 1.85. The maximum atomic E-state index is 2.32. The summed E-state index contributed by atoms with van der Waals surface area (Å²) in [6.07, 6.45) is 4.68. The molecule has 0 atom stereocenters. The van der Waals surface area contributed by atoms with Gasteiger partial charge < -0.3 is 13.8 Å². The summed E-state index contributed by atoms with van der Waals surface area (Å²) in [4.78, 5) is 0. The van der Waals surface area contributed by atoms with Crippen LogP contribution < -0.4 is 0 Å². The Labute approximate surface area is 62.9 Å². The fourth-order valence-corrected chi connectivity index (χ4v) is 1.34. The zero-order valence-corrected chi connectivity index (χ0v) is 8.71. The molecule has 1 aliphatic carbocycles. The van der Waals surface area contributed by atoms with Crippen LogP contribution in [0.2, 0.25) is 0 Å². The Morgan fingerprint density at radius 2 is 1.45 bits per heavy atom. The summed E-state index contributed by atoms with van der Waals surface area (Å²) >= 11 is 0. The average Bonchev–Trinajstić information content (AvgIpc) is 2.33. The molecular formula is C10H12Lr-2. The Balaban J connectivity index is 0.000000500. The Kier molecular flexibility index (Phi) is 2.85. The summed E-state index contributed by atoms with van der Waals surface area (Å²) in [6.45, 7) is 0. The molecule has 1 aromatic carbocycles. The summed E-state index contributed by atoms with van der Waals surface area (Å²) in [6, 6.07) is 8.63.